The van der Waals surface area contributed by atoms with Crippen molar-refractivity contribution in [2.45, 2.75) is 0 Å². The standard InChI is InChI=1S/C18H15N/c19-18-11-8-14(9-12-18)5-6-15-7-10-16-3-1-2-4-17(16)13-15/h1-13H,19H2/b6-5+. The van der Waals surface area contributed by atoms with Gasteiger partial charge in [0.2, 0.25) is 0 Å². The van der Waals surface area contributed by atoms with Gasteiger partial charge in [-0.15, -0.1) is 0 Å². The van der Waals surface area contributed by atoms with Crippen LogP contribution in [0.25, 0.3) is 22.9 Å². The van der Waals surface area contributed by atoms with Crippen LogP contribution in [0.1, 0.15) is 11.1 Å². The lowest BCUT2D eigenvalue weighted by Gasteiger charge is -1.99. The molecule has 0 atom stereocenters. The Hall–Kier alpha value is -2.54. The fraction of sp³-hybridized carbons (Fsp3) is 0. The summed E-state index contributed by atoms with van der Waals surface area (Å²) >= 11 is 0. The van der Waals surface area contributed by atoms with Gasteiger partial charge in [-0.05, 0) is 40.1 Å². The van der Waals surface area contributed by atoms with Crippen LogP contribution in [0.15, 0.2) is 66.7 Å². The topological polar surface area (TPSA) is 26.0 Å². The Morgan fingerprint density at radius 3 is 2.05 bits per heavy atom. The van der Waals surface area contributed by atoms with E-state index in [0.717, 1.165) is 11.3 Å². The predicted molar refractivity (Wildman–Crippen MR) is 83.7 cm³/mol. The number of anilines is 1. The summed E-state index contributed by atoms with van der Waals surface area (Å²) in [7, 11) is 0. The van der Waals surface area contributed by atoms with E-state index < -0.39 is 0 Å². The highest BCUT2D eigenvalue weighted by Crippen LogP contribution is 2.17. The lowest BCUT2D eigenvalue weighted by molar-refractivity contribution is 1.64. The summed E-state index contributed by atoms with van der Waals surface area (Å²) in [6.07, 6.45) is 4.22. The van der Waals surface area contributed by atoms with Crippen molar-refractivity contribution >= 4 is 28.6 Å². The molecule has 0 saturated heterocycles. The number of rotatable bonds is 2. The summed E-state index contributed by atoms with van der Waals surface area (Å²) in [5.74, 6) is 0. The van der Waals surface area contributed by atoms with Gasteiger partial charge in [0.25, 0.3) is 0 Å². The van der Waals surface area contributed by atoms with E-state index in [1.54, 1.807) is 0 Å². The maximum Gasteiger partial charge on any atom is 0.0314 e. The van der Waals surface area contributed by atoms with E-state index in [9.17, 15) is 0 Å². The molecule has 0 aliphatic heterocycles. The van der Waals surface area contributed by atoms with E-state index in [1.807, 2.05) is 24.3 Å². The van der Waals surface area contributed by atoms with Crippen molar-refractivity contribution in [2.24, 2.45) is 0 Å². The van der Waals surface area contributed by atoms with Crippen LogP contribution in [-0.4, -0.2) is 0 Å². The van der Waals surface area contributed by atoms with E-state index in [4.69, 9.17) is 5.73 Å². The Morgan fingerprint density at radius 2 is 1.26 bits per heavy atom. The molecular formula is C18H15N. The van der Waals surface area contributed by atoms with Crippen molar-refractivity contribution in [1.82, 2.24) is 0 Å². The maximum atomic E-state index is 5.67. The average molecular weight is 245 g/mol. The Morgan fingerprint density at radius 1 is 0.632 bits per heavy atom. The summed E-state index contributed by atoms with van der Waals surface area (Å²) < 4.78 is 0. The molecule has 3 aromatic carbocycles. The van der Waals surface area contributed by atoms with E-state index in [2.05, 4.69) is 54.6 Å². The highest BCUT2D eigenvalue weighted by Gasteiger charge is 1.93. The molecule has 1 heteroatoms. The number of nitrogens with two attached hydrogens (primary N) is 1. The van der Waals surface area contributed by atoms with Crippen LogP contribution >= 0.6 is 0 Å². The van der Waals surface area contributed by atoms with Gasteiger partial charge in [0.1, 0.15) is 0 Å². The molecule has 0 radical (unpaired) electrons. The molecular weight excluding hydrogens is 230 g/mol. The highest BCUT2D eigenvalue weighted by atomic mass is 14.5. The first-order valence-electron chi connectivity index (χ1n) is 6.34. The molecule has 0 heterocycles. The fourth-order valence-corrected chi connectivity index (χ4v) is 2.11. The minimum atomic E-state index is 0.794. The minimum absolute atomic E-state index is 0.794. The predicted octanol–water partition coefficient (Wildman–Crippen LogP) is 4.59. The number of nitrogen functional groups attached to an aromatic ring is 1. The quantitative estimate of drug-likeness (QED) is 0.518. The molecule has 3 aromatic rings. The molecule has 0 saturated carbocycles. The minimum Gasteiger partial charge on any atom is -0.399 e. The third-order valence-corrected chi connectivity index (χ3v) is 3.18. The second-order valence-electron chi connectivity index (χ2n) is 4.61. The summed E-state index contributed by atoms with van der Waals surface area (Å²) in [6, 6.07) is 22.7. The first-order valence-corrected chi connectivity index (χ1v) is 6.34. The van der Waals surface area contributed by atoms with Gasteiger partial charge in [0.15, 0.2) is 0 Å². The smallest absolute Gasteiger partial charge is 0.0314 e. The SMILES string of the molecule is Nc1ccc(/C=C/c2ccc3ccccc3c2)cc1. The lowest BCUT2D eigenvalue weighted by atomic mass is 10.1. The van der Waals surface area contributed by atoms with E-state index >= 15 is 0 Å². The van der Waals surface area contributed by atoms with Crippen LogP contribution in [0.2, 0.25) is 0 Å². The zero-order valence-corrected chi connectivity index (χ0v) is 10.6. The zero-order valence-electron chi connectivity index (χ0n) is 10.6. The molecule has 3 rings (SSSR count). The monoisotopic (exact) mass is 245 g/mol. The Bertz CT molecular complexity index is 724. The fourth-order valence-electron chi connectivity index (χ4n) is 2.11. The zero-order chi connectivity index (χ0) is 13.1. The van der Waals surface area contributed by atoms with Crippen molar-refractivity contribution in [2.75, 3.05) is 5.73 Å². The van der Waals surface area contributed by atoms with Crippen LogP contribution < -0.4 is 5.73 Å². The van der Waals surface area contributed by atoms with Crippen LogP contribution in [0, 0.1) is 0 Å². The van der Waals surface area contributed by atoms with Gasteiger partial charge in [-0.3, -0.25) is 0 Å². The van der Waals surface area contributed by atoms with Gasteiger partial charge in [0, 0.05) is 5.69 Å². The highest BCUT2D eigenvalue weighted by molar-refractivity contribution is 5.86. The third kappa shape index (κ3) is 2.66. The largest absolute Gasteiger partial charge is 0.399 e. The molecule has 0 amide bonds. The van der Waals surface area contributed by atoms with Crippen molar-refractivity contribution in [3.05, 3.63) is 77.9 Å². The van der Waals surface area contributed by atoms with Gasteiger partial charge in [0.05, 0.1) is 0 Å². The average Bonchev–Trinajstić information content (AvgIpc) is 2.46. The summed E-state index contributed by atoms with van der Waals surface area (Å²) in [5, 5.41) is 2.54. The summed E-state index contributed by atoms with van der Waals surface area (Å²) in [5.41, 5.74) is 8.83. The van der Waals surface area contributed by atoms with Gasteiger partial charge in [-0.2, -0.15) is 0 Å². The molecule has 1 nitrogen and oxygen atoms in total. The summed E-state index contributed by atoms with van der Waals surface area (Å²) in [4.78, 5) is 0. The van der Waals surface area contributed by atoms with Crippen molar-refractivity contribution in [3.8, 4) is 0 Å². The molecule has 0 aliphatic carbocycles. The van der Waals surface area contributed by atoms with E-state index in [-0.39, 0.29) is 0 Å². The van der Waals surface area contributed by atoms with Crippen molar-refractivity contribution in [1.29, 1.82) is 0 Å². The van der Waals surface area contributed by atoms with Gasteiger partial charge < -0.3 is 5.73 Å². The second-order valence-corrected chi connectivity index (χ2v) is 4.61. The molecule has 0 unspecified atom stereocenters. The van der Waals surface area contributed by atoms with Gasteiger partial charge in [-0.1, -0.05) is 60.7 Å². The maximum absolute atomic E-state index is 5.67. The molecule has 2 N–H and O–H groups in total. The Balaban J connectivity index is 1.90. The normalized spacial score (nSPS) is 11.2. The first kappa shape index (κ1) is 11.5. The molecule has 92 valence electrons. The van der Waals surface area contributed by atoms with Crippen LogP contribution in [0.3, 0.4) is 0 Å². The van der Waals surface area contributed by atoms with Crippen molar-refractivity contribution in [3.63, 3.8) is 0 Å². The first-order chi connectivity index (χ1) is 9.31. The van der Waals surface area contributed by atoms with Gasteiger partial charge >= 0.3 is 0 Å². The molecule has 0 aliphatic rings. The molecule has 0 spiro atoms. The number of hydrogen-bond acceptors (Lipinski definition) is 1. The van der Waals surface area contributed by atoms with Crippen LogP contribution in [-0.2, 0) is 0 Å². The number of fused-ring (bicyclic) bond motifs is 1. The molecule has 0 fully saturated rings. The van der Waals surface area contributed by atoms with Gasteiger partial charge in [-0.25, -0.2) is 0 Å². The van der Waals surface area contributed by atoms with E-state index in [1.165, 1.54) is 16.3 Å². The Kier molecular flexibility index (Phi) is 3.03. The van der Waals surface area contributed by atoms with E-state index in [0.29, 0.717) is 0 Å². The Labute approximate surface area is 113 Å². The number of benzene rings is 3. The van der Waals surface area contributed by atoms with Crippen molar-refractivity contribution < 1.29 is 0 Å². The van der Waals surface area contributed by atoms with Crippen LogP contribution in [0.5, 0.6) is 0 Å². The number of hydrogen-bond donors (Lipinski definition) is 1. The van der Waals surface area contributed by atoms with Crippen LogP contribution in [0.4, 0.5) is 5.69 Å². The molecule has 0 aromatic heterocycles. The second kappa shape index (κ2) is 4.99. The summed E-state index contributed by atoms with van der Waals surface area (Å²) in [6.45, 7) is 0. The lowest BCUT2D eigenvalue weighted by Crippen LogP contribution is -1.82. The molecule has 19 heavy (non-hydrogen) atoms. The molecule has 0 bridgehead atoms. The third-order valence-electron chi connectivity index (χ3n) is 3.18.